The van der Waals surface area contributed by atoms with E-state index in [1.165, 1.54) is 37.9 Å². The second kappa shape index (κ2) is 15.6. The molecule has 1 fully saturated rings. The van der Waals surface area contributed by atoms with E-state index in [-0.39, 0.29) is 5.91 Å². The first-order valence-corrected chi connectivity index (χ1v) is 12.2. The summed E-state index contributed by atoms with van der Waals surface area (Å²) >= 11 is 5.19. The molecular formula is C24H39N5O2S. The monoisotopic (exact) mass is 461 g/mol. The Hall–Kier alpha value is -2.19. The molecular weight excluding hydrogens is 422 g/mol. The second-order valence-corrected chi connectivity index (χ2v) is 8.97. The zero-order valence-corrected chi connectivity index (χ0v) is 20.4. The molecule has 1 aromatic rings. The van der Waals surface area contributed by atoms with E-state index in [0.717, 1.165) is 19.5 Å². The molecule has 7 nitrogen and oxygen atoms in total. The maximum atomic E-state index is 11.9. The van der Waals surface area contributed by atoms with Crippen molar-refractivity contribution < 1.29 is 9.53 Å². The van der Waals surface area contributed by atoms with E-state index in [2.05, 4.69) is 45.7 Å². The average Bonchev–Trinajstić information content (AvgIpc) is 2.78. The first kappa shape index (κ1) is 26.1. The summed E-state index contributed by atoms with van der Waals surface area (Å²) in [5, 5.41) is 9.80. The summed E-state index contributed by atoms with van der Waals surface area (Å²) < 4.78 is 5.72. The molecule has 0 spiro atoms. The van der Waals surface area contributed by atoms with E-state index in [4.69, 9.17) is 17.0 Å². The van der Waals surface area contributed by atoms with E-state index in [1.54, 1.807) is 6.20 Å². The highest BCUT2D eigenvalue weighted by molar-refractivity contribution is 7.80. The van der Waals surface area contributed by atoms with Crippen molar-refractivity contribution in [2.24, 2.45) is 5.92 Å². The number of likely N-dealkylation sites (tertiary alicyclic amines) is 1. The summed E-state index contributed by atoms with van der Waals surface area (Å²) in [4.78, 5) is 18.7. The van der Waals surface area contributed by atoms with Gasteiger partial charge in [0.25, 0.3) is 0 Å². The van der Waals surface area contributed by atoms with Gasteiger partial charge in [-0.25, -0.2) is 4.98 Å². The zero-order chi connectivity index (χ0) is 23.0. The van der Waals surface area contributed by atoms with Crippen LogP contribution in [0, 0.1) is 5.92 Å². The van der Waals surface area contributed by atoms with Gasteiger partial charge in [-0.05, 0) is 68.2 Å². The van der Waals surface area contributed by atoms with Crippen LogP contribution >= 0.6 is 12.2 Å². The lowest BCUT2D eigenvalue weighted by Crippen LogP contribution is -2.38. The lowest BCUT2D eigenvalue weighted by Gasteiger charge is -2.26. The molecule has 1 aliphatic rings. The number of pyridine rings is 1. The topological polar surface area (TPSA) is 78.5 Å². The van der Waals surface area contributed by atoms with Gasteiger partial charge in [-0.2, -0.15) is 0 Å². The maximum Gasteiger partial charge on any atom is 0.220 e. The van der Waals surface area contributed by atoms with Crippen molar-refractivity contribution in [3.63, 3.8) is 0 Å². The van der Waals surface area contributed by atoms with Crippen LogP contribution in [0.25, 0.3) is 0 Å². The van der Waals surface area contributed by atoms with Crippen molar-refractivity contribution in [2.45, 2.75) is 52.5 Å². The highest BCUT2D eigenvalue weighted by Gasteiger charge is 2.10. The van der Waals surface area contributed by atoms with Gasteiger partial charge < -0.3 is 20.7 Å². The van der Waals surface area contributed by atoms with Gasteiger partial charge >= 0.3 is 0 Å². The van der Waals surface area contributed by atoms with Crippen molar-refractivity contribution in [2.75, 3.05) is 39.3 Å². The second-order valence-electron chi connectivity index (χ2n) is 8.56. The lowest BCUT2D eigenvalue weighted by molar-refractivity contribution is -0.120. The molecule has 2 heterocycles. The number of hydrogen-bond acceptors (Lipinski definition) is 5. The number of carbonyl (C=O) groups is 1. The molecule has 1 aromatic heterocycles. The Kier molecular flexibility index (Phi) is 12.7. The van der Waals surface area contributed by atoms with E-state index >= 15 is 0 Å². The molecule has 0 bridgehead atoms. The quantitative estimate of drug-likeness (QED) is 0.237. The number of aromatic nitrogens is 1. The summed E-state index contributed by atoms with van der Waals surface area (Å²) in [5.74, 6) is 1.22. The number of piperidine rings is 1. The molecule has 0 aliphatic carbocycles. The van der Waals surface area contributed by atoms with Crippen LogP contribution in [0.15, 0.2) is 30.5 Å². The first-order chi connectivity index (χ1) is 15.5. The van der Waals surface area contributed by atoms with Crippen LogP contribution in [0.3, 0.4) is 0 Å². The van der Waals surface area contributed by atoms with E-state index < -0.39 is 0 Å². The van der Waals surface area contributed by atoms with Crippen LogP contribution in [-0.2, 0) is 11.3 Å². The van der Waals surface area contributed by atoms with Crippen molar-refractivity contribution >= 4 is 23.2 Å². The SMILES string of the molecule is CC(C)CNC(=S)NCCCC(=O)NC/C=C\COc1cc(CN2CCCCC2)ccn1. The number of ether oxygens (including phenoxy) is 1. The normalized spacial score (nSPS) is 14.5. The minimum atomic E-state index is 0.0329. The van der Waals surface area contributed by atoms with Gasteiger partial charge in [-0.1, -0.05) is 26.3 Å². The highest BCUT2D eigenvalue weighted by atomic mass is 32.1. The van der Waals surface area contributed by atoms with Crippen LogP contribution in [0.2, 0.25) is 0 Å². The third-order valence-electron chi connectivity index (χ3n) is 5.10. The van der Waals surface area contributed by atoms with Crippen LogP contribution < -0.4 is 20.7 Å². The fourth-order valence-electron chi connectivity index (χ4n) is 3.36. The summed E-state index contributed by atoms with van der Waals surface area (Å²) in [7, 11) is 0. The fourth-order valence-corrected chi connectivity index (χ4v) is 3.55. The Morgan fingerprint density at radius 1 is 1.22 bits per heavy atom. The minimum absolute atomic E-state index is 0.0329. The van der Waals surface area contributed by atoms with Gasteiger partial charge in [0.05, 0.1) is 0 Å². The van der Waals surface area contributed by atoms with Gasteiger partial charge in [-0.15, -0.1) is 0 Å². The summed E-state index contributed by atoms with van der Waals surface area (Å²) in [5.41, 5.74) is 1.24. The molecule has 1 aliphatic heterocycles. The van der Waals surface area contributed by atoms with Crippen LogP contribution in [0.4, 0.5) is 0 Å². The highest BCUT2D eigenvalue weighted by Crippen LogP contribution is 2.15. The Bertz CT molecular complexity index is 720. The number of nitrogens with zero attached hydrogens (tertiary/aromatic N) is 2. The number of carbonyl (C=O) groups excluding carboxylic acids is 1. The number of amides is 1. The van der Waals surface area contributed by atoms with Gasteiger partial charge in [-0.3, -0.25) is 9.69 Å². The van der Waals surface area contributed by atoms with Gasteiger partial charge in [0.1, 0.15) is 6.61 Å². The number of nitrogens with one attached hydrogen (secondary N) is 3. The molecule has 0 saturated carbocycles. The Morgan fingerprint density at radius 3 is 2.81 bits per heavy atom. The standard InChI is InChI=1S/C24H39N5O2S/c1-20(2)18-28-24(32)27-12-8-9-22(30)25-11-4-7-16-31-23-17-21(10-13-26-23)19-29-14-5-3-6-15-29/h4,7,10,13,17,20H,3,5-6,8-9,11-12,14-16,18-19H2,1-2H3,(H,25,30)(H2,27,28,32)/b7-4-. The third-order valence-corrected chi connectivity index (χ3v) is 5.39. The minimum Gasteiger partial charge on any atom is -0.473 e. The maximum absolute atomic E-state index is 11.9. The van der Waals surface area contributed by atoms with Gasteiger partial charge in [0.15, 0.2) is 5.11 Å². The smallest absolute Gasteiger partial charge is 0.220 e. The number of hydrogen-bond donors (Lipinski definition) is 3. The predicted molar refractivity (Wildman–Crippen MR) is 134 cm³/mol. The summed E-state index contributed by atoms with van der Waals surface area (Å²) in [6, 6.07) is 4.07. The molecule has 0 radical (unpaired) electrons. The fraction of sp³-hybridized carbons (Fsp3) is 0.625. The third kappa shape index (κ3) is 12.0. The first-order valence-electron chi connectivity index (χ1n) is 11.8. The van der Waals surface area contributed by atoms with Crippen molar-refractivity contribution in [3.05, 3.63) is 36.0 Å². The van der Waals surface area contributed by atoms with E-state index in [0.29, 0.717) is 43.0 Å². The number of thiocarbonyl (C=S) groups is 1. The van der Waals surface area contributed by atoms with Crippen LogP contribution in [0.1, 0.15) is 51.5 Å². The molecule has 0 atom stereocenters. The molecule has 1 amide bonds. The van der Waals surface area contributed by atoms with Gasteiger partial charge in [0, 0.05) is 44.9 Å². The largest absolute Gasteiger partial charge is 0.473 e. The van der Waals surface area contributed by atoms with Crippen molar-refractivity contribution in [3.8, 4) is 5.88 Å². The summed E-state index contributed by atoms with van der Waals surface area (Å²) in [6.07, 6.45) is 10.7. The van der Waals surface area contributed by atoms with E-state index in [9.17, 15) is 4.79 Å². The van der Waals surface area contributed by atoms with E-state index in [1.807, 2.05) is 18.2 Å². The molecule has 0 aromatic carbocycles. The molecule has 32 heavy (non-hydrogen) atoms. The van der Waals surface area contributed by atoms with Gasteiger partial charge in [0.2, 0.25) is 11.8 Å². The number of rotatable bonds is 13. The predicted octanol–water partition coefficient (Wildman–Crippen LogP) is 3.02. The zero-order valence-electron chi connectivity index (χ0n) is 19.6. The molecule has 1 saturated heterocycles. The molecule has 2 rings (SSSR count). The van der Waals surface area contributed by atoms with Crippen LogP contribution in [-0.4, -0.2) is 60.2 Å². The molecule has 178 valence electrons. The summed E-state index contributed by atoms with van der Waals surface area (Å²) in [6.45, 7) is 10.0. The Labute approximate surface area is 198 Å². The van der Waals surface area contributed by atoms with Crippen molar-refractivity contribution in [1.29, 1.82) is 0 Å². The van der Waals surface area contributed by atoms with Crippen molar-refractivity contribution in [1.82, 2.24) is 25.8 Å². The Morgan fingerprint density at radius 2 is 2.03 bits per heavy atom. The lowest BCUT2D eigenvalue weighted by atomic mass is 10.1. The van der Waals surface area contributed by atoms with Crippen LogP contribution in [0.5, 0.6) is 5.88 Å². The molecule has 0 unspecified atom stereocenters. The molecule has 3 N–H and O–H groups in total. The average molecular weight is 462 g/mol. The Balaban J connectivity index is 1.52. The molecule has 8 heteroatoms.